The van der Waals surface area contributed by atoms with Gasteiger partial charge in [-0.05, 0) is 44.4 Å². The predicted molar refractivity (Wildman–Crippen MR) is 81.5 cm³/mol. The maximum atomic E-state index is 11.5. The molecule has 3 atom stereocenters. The molecule has 0 aromatic heterocycles. The average molecular weight is 284 g/mol. The summed E-state index contributed by atoms with van der Waals surface area (Å²) in [6.07, 6.45) is 5.18. The van der Waals surface area contributed by atoms with E-state index in [0.29, 0.717) is 17.9 Å². The van der Waals surface area contributed by atoms with Crippen molar-refractivity contribution in [3.63, 3.8) is 0 Å². The summed E-state index contributed by atoms with van der Waals surface area (Å²) in [5.74, 6) is 0.410. The molecule has 20 heavy (non-hydrogen) atoms. The molecule has 1 aliphatic carbocycles. The Kier molecular flexibility index (Phi) is 6.50. The van der Waals surface area contributed by atoms with E-state index in [9.17, 15) is 4.79 Å². The second-order valence-electron chi connectivity index (χ2n) is 7.46. The number of carbonyl (C=O) groups is 1. The van der Waals surface area contributed by atoms with E-state index in [0.717, 1.165) is 0 Å². The maximum Gasteiger partial charge on any atom is 0.308 e. The van der Waals surface area contributed by atoms with E-state index < -0.39 is 0 Å². The van der Waals surface area contributed by atoms with Crippen molar-refractivity contribution < 1.29 is 14.3 Å². The molecule has 0 bridgehead atoms. The molecular weight excluding hydrogens is 252 g/mol. The van der Waals surface area contributed by atoms with E-state index in [2.05, 4.69) is 20.8 Å². The second kappa shape index (κ2) is 7.44. The van der Waals surface area contributed by atoms with Crippen LogP contribution in [-0.2, 0) is 14.3 Å². The first kappa shape index (κ1) is 17.5. The molecule has 1 aliphatic rings. The van der Waals surface area contributed by atoms with Crippen molar-refractivity contribution in [2.45, 2.75) is 79.4 Å². The number of hydrogen-bond donors (Lipinski definition) is 0. The molecular formula is C17H32O3. The van der Waals surface area contributed by atoms with Crippen LogP contribution in [-0.4, -0.2) is 24.8 Å². The van der Waals surface area contributed by atoms with Crippen LogP contribution in [0.25, 0.3) is 0 Å². The largest absolute Gasteiger partial charge is 0.460 e. The van der Waals surface area contributed by atoms with E-state index in [1.807, 2.05) is 20.8 Å². The van der Waals surface area contributed by atoms with Crippen LogP contribution in [0.15, 0.2) is 0 Å². The molecule has 3 unspecified atom stereocenters. The minimum atomic E-state index is -0.163. The van der Waals surface area contributed by atoms with Crippen LogP contribution in [0, 0.1) is 17.3 Å². The Morgan fingerprint density at radius 3 is 2.45 bits per heavy atom. The van der Waals surface area contributed by atoms with Gasteiger partial charge in [-0.15, -0.1) is 0 Å². The minimum absolute atomic E-state index is 0.0750. The highest BCUT2D eigenvalue weighted by Gasteiger charge is 2.31. The zero-order chi connectivity index (χ0) is 15.3. The van der Waals surface area contributed by atoms with Gasteiger partial charge in [0.15, 0.2) is 0 Å². The molecule has 1 rings (SSSR count). The number of ether oxygens (including phenoxy) is 2. The third kappa shape index (κ3) is 5.82. The molecule has 0 amide bonds. The van der Waals surface area contributed by atoms with Gasteiger partial charge in [0.25, 0.3) is 0 Å². The summed E-state index contributed by atoms with van der Waals surface area (Å²) in [6.45, 7) is 12.9. The van der Waals surface area contributed by atoms with Crippen LogP contribution >= 0.6 is 0 Å². The number of hydrogen-bond acceptors (Lipinski definition) is 3. The zero-order valence-corrected chi connectivity index (χ0v) is 14.1. The van der Waals surface area contributed by atoms with Crippen molar-refractivity contribution >= 4 is 5.97 Å². The summed E-state index contributed by atoms with van der Waals surface area (Å²) < 4.78 is 11.3. The minimum Gasteiger partial charge on any atom is -0.460 e. The molecule has 0 aromatic rings. The predicted octanol–water partition coefficient (Wildman–Crippen LogP) is 4.20. The van der Waals surface area contributed by atoms with E-state index in [1.54, 1.807) is 0 Å². The molecule has 3 nitrogen and oxygen atoms in total. The average Bonchev–Trinajstić information content (AvgIpc) is 2.34. The van der Waals surface area contributed by atoms with Crippen LogP contribution in [0.1, 0.15) is 67.2 Å². The second-order valence-corrected chi connectivity index (χ2v) is 7.46. The van der Waals surface area contributed by atoms with Gasteiger partial charge < -0.3 is 9.47 Å². The highest BCUT2D eigenvalue weighted by Crippen LogP contribution is 2.40. The topological polar surface area (TPSA) is 35.5 Å². The summed E-state index contributed by atoms with van der Waals surface area (Å²) in [5, 5.41) is 0. The van der Waals surface area contributed by atoms with Gasteiger partial charge in [-0.25, -0.2) is 0 Å². The Bertz CT molecular complexity index is 309. The van der Waals surface area contributed by atoms with Gasteiger partial charge >= 0.3 is 5.97 Å². The molecule has 118 valence electrons. The van der Waals surface area contributed by atoms with E-state index in [-0.39, 0.29) is 24.1 Å². The fraction of sp³-hybridized carbons (Fsp3) is 0.941. The van der Waals surface area contributed by atoms with Crippen molar-refractivity contribution in [1.82, 2.24) is 0 Å². The summed E-state index contributed by atoms with van der Waals surface area (Å²) in [5.41, 5.74) is 0.441. The number of carbonyl (C=O) groups excluding carboxylic acids is 1. The standard InChI is InChI=1S/C17H32O3/c1-12(2)16(18)20-13(3)11-19-14(4)15-8-7-9-17(5,6)10-15/h12-15H,7-11H2,1-6H3. The lowest BCUT2D eigenvalue weighted by molar-refractivity contribution is -0.156. The van der Waals surface area contributed by atoms with Crippen LogP contribution < -0.4 is 0 Å². The Labute approximate surface area is 124 Å². The lowest BCUT2D eigenvalue weighted by Gasteiger charge is -2.38. The van der Waals surface area contributed by atoms with Crippen molar-refractivity contribution in [2.24, 2.45) is 17.3 Å². The van der Waals surface area contributed by atoms with Crippen molar-refractivity contribution in [2.75, 3.05) is 6.61 Å². The fourth-order valence-electron chi connectivity index (χ4n) is 2.95. The highest BCUT2D eigenvalue weighted by molar-refractivity contribution is 5.71. The Balaban J connectivity index is 2.32. The fourth-order valence-corrected chi connectivity index (χ4v) is 2.95. The first-order valence-corrected chi connectivity index (χ1v) is 8.03. The van der Waals surface area contributed by atoms with Gasteiger partial charge in [-0.3, -0.25) is 4.79 Å². The van der Waals surface area contributed by atoms with Crippen molar-refractivity contribution in [3.8, 4) is 0 Å². The van der Waals surface area contributed by atoms with E-state index >= 15 is 0 Å². The first-order valence-electron chi connectivity index (χ1n) is 8.03. The maximum absolute atomic E-state index is 11.5. The molecule has 0 spiro atoms. The smallest absolute Gasteiger partial charge is 0.308 e. The molecule has 0 N–H and O–H groups in total. The van der Waals surface area contributed by atoms with Crippen LogP contribution in [0.3, 0.4) is 0 Å². The monoisotopic (exact) mass is 284 g/mol. The third-order valence-electron chi connectivity index (χ3n) is 4.29. The molecule has 0 heterocycles. The van der Waals surface area contributed by atoms with Gasteiger partial charge in [0.1, 0.15) is 6.10 Å². The van der Waals surface area contributed by atoms with Crippen molar-refractivity contribution in [3.05, 3.63) is 0 Å². The van der Waals surface area contributed by atoms with E-state index in [4.69, 9.17) is 9.47 Å². The Hall–Kier alpha value is -0.570. The summed E-state index contributed by atoms with van der Waals surface area (Å²) in [7, 11) is 0. The summed E-state index contributed by atoms with van der Waals surface area (Å²) >= 11 is 0. The van der Waals surface area contributed by atoms with Crippen molar-refractivity contribution in [1.29, 1.82) is 0 Å². The third-order valence-corrected chi connectivity index (χ3v) is 4.29. The first-order chi connectivity index (χ1) is 9.21. The molecule has 0 aromatic carbocycles. The van der Waals surface area contributed by atoms with Crippen LogP contribution in [0.4, 0.5) is 0 Å². The van der Waals surface area contributed by atoms with Crippen LogP contribution in [0.2, 0.25) is 0 Å². The normalized spacial score (nSPS) is 25.2. The molecule has 3 heteroatoms. The molecule has 0 saturated heterocycles. The lowest BCUT2D eigenvalue weighted by atomic mass is 9.71. The van der Waals surface area contributed by atoms with Gasteiger partial charge in [0, 0.05) is 0 Å². The SMILES string of the molecule is CC(COC(C)C1CCCC(C)(C)C1)OC(=O)C(C)C. The quantitative estimate of drug-likeness (QED) is 0.686. The Morgan fingerprint density at radius 1 is 1.25 bits per heavy atom. The Morgan fingerprint density at radius 2 is 1.90 bits per heavy atom. The number of esters is 1. The number of rotatable bonds is 6. The van der Waals surface area contributed by atoms with E-state index in [1.165, 1.54) is 25.7 Å². The van der Waals surface area contributed by atoms with Gasteiger partial charge in [-0.1, -0.05) is 34.1 Å². The molecule has 1 saturated carbocycles. The summed E-state index contributed by atoms with van der Waals surface area (Å²) in [4.78, 5) is 11.5. The molecule has 0 aliphatic heterocycles. The molecule has 0 radical (unpaired) electrons. The van der Waals surface area contributed by atoms with Gasteiger partial charge in [0.2, 0.25) is 0 Å². The van der Waals surface area contributed by atoms with Gasteiger partial charge in [0.05, 0.1) is 18.6 Å². The summed E-state index contributed by atoms with van der Waals surface area (Å²) in [6, 6.07) is 0. The zero-order valence-electron chi connectivity index (χ0n) is 14.1. The van der Waals surface area contributed by atoms with Gasteiger partial charge in [-0.2, -0.15) is 0 Å². The lowest BCUT2D eigenvalue weighted by Crippen LogP contribution is -2.33. The highest BCUT2D eigenvalue weighted by atomic mass is 16.6. The van der Waals surface area contributed by atoms with Crippen LogP contribution in [0.5, 0.6) is 0 Å². The molecule has 1 fully saturated rings.